The molecule has 0 aliphatic rings. The Morgan fingerprint density at radius 2 is 1.61 bits per heavy atom. The van der Waals surface area contributed by atoms with Gasteiger partial charge in [-0.05, 0) is 76.6 Å². The molecule has 0 heterocycles. The van der Waals surface area contributed by atoms with Crippen LogP contribution in [0.5, 0.6) is 5.75 Å². The van der Waals surface area contributed by atoms with Crippen LogP contribution >= 0.6 is 0 Å². The monoisotopic (exact) mass is 525 g/mol. The second kappa shape index (κ2) is 13.8. The van der Waals surface area contributed by atoms with E-state index in [9.17, 15) is 19.5 Å². The van der Waals surface area contributed by atoms with Crippen LogP contribution in [-0.2, 0) is 20.9 Å². The first-order chi connectivity index (χ1) is 17.8. The number of phenols is 1. The zero-order valence-electron chi connectivity index (χ0n) is 23.7. The van der Waals surface area contributed by atoms with Gasteiger partial charge in [-0.2, -0.15) is 0 Å². The number of nitrogens with zero attached hydrogens (tertiary/aromatic N) is 1. The summed E-state index contributed by atoms with van der Waals surface area (Å²) < 4.78 is 5.34. The van der Waals surface area contributed by atoms with E-state index in [0.717, 1.165) is 12.0 Å². The maximum atomic E-state index is 13.9. The van der Waals surface area contributed by atoms with Crippen molar-refractivity contribution in [3.8, 4) is 5.75 Å². The highest BCUT2D eigenvalue weighted by Crippen LogP contribution is 2.29. The van der Waals surface area contributed by atoms with Gasteiger partial charge < -0.3 is 25.4 Å². The van der Waals surface area contributed by atoms with Crippen LogP contribution in [0.4, 0.5) is 4.79 Å². The molecule has 0 bridgehead atoms. The van der Waals surface area contributed by atoms with Gasteiger partial charge in [0.2, 0.25) is 11.8 Å². The summed E-state index contributed by atoms with van der Waals surface area (Å²) in [7, 11) is 0. The molecule has 208 valence electrons. The number of rotatable bonds is 11. The van der Waals surface area contributed by atoms with Gasteiger partial charge in [0.1, 0.15) is 23.4 Å². The predicted molar refractivity (Wildman–Crippen MR) is 148 cm³/mol. The number of phenolic OH excluding ortho intramolecular Hbond substituents is 1. The second-order valence-electron chi connectivity index (χ2n) is 11.1. The van der Waals surface area contributed by atoms with Gasteiger partial charge in [-0.25, -0.2) is 4.79 Å². The average molecular weight is 526 g/mol. The lowest BCUT2D eigenvalue weighted by atomic mass is 9.97. The van der Waals surface area contributed by atoms with Crippen LogP contribution in [0.2, 0.25) is 0 Å². The van der Waals surface area contributed by atoms with Gasteiger partial charge >= 0.3 is 6.09 Å². The molecule has 2 rings (SSSR count). The predicted octanol–water partition coefficient (Wildman–Crippen LogP) is 5.32. The minimum absolute atomic E-state index is 0.00878. The van der Waals surface area contributed by atoms with E-state index in [1.807, 2.05) is 37.3 Å². The van der Waals surface area contributed by atoms with E-state index in [1.165, 1.54) is 17.0 Å². The first-order valence-corrected chi connectivity index (χ1v) is 13.2. The lowest BCUT2D eigenvalue weighted by Gasteiger charge is -2.38. The molecule has 0 aromatic heterocycles. The third-order valence-electron chi connectivity index (χ3n) is 6.02. The Balaban J connectivity index is 2.44. The van der Waals surface area contributed by atoms with Crippen molar-refractivity contribution in [2.24, 2.45) is 5.92 Å². The smallest absolute Gasteiger partial charge is 0.408 e. The number of amides is 3. The zero-order valence-corrected chi connectivity index (χ0v) is 23.7. The Kier molecular flexibility index (Phi) is 11.2. The quantitative estimate of drug-likeness (QED) is 0.368. The van der Waals surface area contributed by atoms with E-state index < -0.39 is 29.7 Å². The maximum absolute atomic E-state index is 13.9. The summed E-state index contributed by atoms with van der Waals surface area (Å²) in [6, 6.07) is 13.6. The maximum Gasteiger partial charge on any atom is 0.408 e. The number of carbonyl (C=O) groups excluding carboxylic acids is 3. The first kappa shape index (κ1) is 30.7. The molecule has 0 aliphatic carbocycles. The molecule has 2 aromatic rings. The number of aromatic hydroxyl groups is 1. The zero-order chi connectivity index (χ0) is 28.5. The Morgan fingerprint density at radius 3 is 2.18 bits per heavy atom. The summed E-state index contributed by atoms with van der Waals surface area (Å²) in [5.41, 5.74) is 0.671. The number of nitrogens with one attached hydrogen (secondary N) is 2. The first-order valence-electron chi connectivity index (χ1n) is 13.2. The molecule has 3 atom stereocenters. The topological polar surface area (TPSA) is 108 Å². The lowest BCUT2D eigenvalue weighted by Crippen LogP contribution is -2.54. The Bertz CT molecular complexity index is 1070. The third-order valence-corrected chi connectivity index (χ3v) is 6.02. The molecule has 3 amide bonds. The molecule has 3 unspecified atom stereocenters. The van der Waals surface area contributed by atoms with Gasteiger partial charge in [0.25, 0.3) is 0 Å². The largest absolute Gasteiger partial charge is 0.508 e. The van der Waals surface area contributed by atoms with Crippen LogP contribution < -0.4 is 10.6 Å². The van der Waals surface area contributed by atoms with Crippen LogP contribution in [0.1, 0.15) is 78.5 Å². The van der Waals surface area contributed by atoms with E-state index in [1.54, 1.807) is 39.8 Å². The molecule has 0 saturated carbocycles. The highest BCUT2D eigenvalue weighted by atomic mass is 16.6. The van der Waals surface area contributed by atoms with Crippen LogP contribution in [-0.4, -0.2) is 45.6 Å². The number of carbonyl (C=O) groups is 3. The van der Waals surface area contributed by atoms with Gasteiger partial charge in [-0.1, -0.05) is 56.3 Å². The van der Waals surface area contributed by atoms with E-state index >= 15 is 0 Å². The van der Waals surface area contributed by atoms with Crippen molar-refractivity contribution in [1.82, 2.24) is 15.5 Å². The summed E-state index contributed by atoms with van der Waals surface area (Å²) in [5.74, 6) is -0.410. The fourth-order valence-corrected chi connectivity index (χ4v) is 4.10. The van der Waals surface area contributed by atoms with Crippen LogP contribution in [0.25, 0.3) is 0 Å². The highest BCUT2D eigenvalue weighted by Gasteiger charge is 2.37. The fraction of sp³-hybridized carbons (Fsp3) is 0.500. The molecular formula is C30H43N3O5. The van der Waals surface area contributed by atoms with Gasteiger partial charge in [-0.15, -0.1) is 0 Å². The van der Waals surface area contributed by atoms with E-state index in [4.69, 9.17) is 4.74 Å². The summed E-state index contributed by atoms with van der Waals surface area (Å²) in [6.45, 7) is 13.2. The van der Waals surface area contributed by atoms with Crippen LogP contribution in [0.15, 0.2) is 54.6 Å². The van der Waals surface area contributed by atoms with E-state index in [-0.39, 0.29) is 24.2 Å². The van der Waals surface area contributed by atoms with E-state index in [2.05, 4.69) is 24.5 Å². The average Bonchev–Trinajstić information content (AvgIpc) is 2.83. The Hall–Kier alpha value is -3.55. The van der Waals surface area contributed by atoms with Crippen molar-refractivity contribution in [3.05, 3.63) is 65.7 Å². The number of alkyl carbamates (subject to hydrolysis) is 1. The van der Waals surface area contributed by atoms with Crippen LogP contribution in [0.3, 0.4) is 0 Å². The van der Waals surface area contributed by atoms with Crippen molar-refractivity contribution < 1.29 is 24.2 Å². The van der Waals surface area contributed by atoms with Crippen molar-refractivity contribution in [2.75, 3.05) is 0 Å². The molecule has 0 fully saturated rings. The highest BCUT2D eigenvalue weighted by molar-refractivity contribution is 5.92. The molecule has 8 heteroatoms. The van der Waals surface area contributed by atoms with Crippen molar-refractivity contribution in [3.63, 3.8) is 0 Å². The molecule has 3 N–H and O–H groups in total. The number of hydrogen-bond acceptors (Lipinski definition) is 5. The number of benzene rings is 2. The van der Waals surface area contributed by atoms with Crippen LogP contribution in [0, 0.1) is 5.92 Å². The molecular weight excluding hydrogens is 482 g/mol. The Labute approximate surface area is 226 Å². The van der Waals surface area contributed by atoms with Gasteiger partial charge in [0.15, 0.2) is 0 Å². The van der Waals surface area contributed by atoms with Gasteiger partial charge in [0.05, 0.1) is 0 Å². The summed E-state index contributed by atoms with van der Waals surface area (Å²) in [4.78, 5) is 41.6. The molecule has 0 radical (unpaired) electrons. The van der Waals surface area contributed by atoms with Gasteiger partial charge in [0, 0.05) is 12.6 Å². The molecule has 8 nitrogen and oxygen atoms in total. The van der Waals surface area contributed by atoms with Crippen molar-refractivity contribution in [2.45, 2.75) is 91.6 Å². The minimum atomic E-state index is -1.02. The second-order valence-corrected chi connectivity index (χ2v) is 11.1. The normalized spacial score (nSPS) is 13.8. The standard InChI is InChI=1S/C30H43N3O5/c1-20(2)16-17-21(3)33(28(36)22(4)32-29(37)38-30(5,6)7)26(24-14-11-15-25(34)18-24)27(35)31-19-23-12-9-8-10-13-23/h8-15,18,20-22,26,34H,16-17,19H2,1-7H3,(H,31,35)(H,32,37). The number of hydrogen-bond donors (Lipinski definition) is 3. The molecule has 0 spiro atoms. The third kappa shape index (κ3) is 9.72. The molecule has 38 heavy (non-hydrogen) atoms. The van der Waals surface area contributed by atoms with Crippen molar-refractivity contribution in [1.29, 1.82) is 0 Å². The van der Waals surface area contributed by atoms with Gasteiger partial charge in [-0.3, -0.25) is 9.59 Å². The molecule has 0 saturated heterocycles. The molecule has 0 aliphatic heterocycles. The van der Waals surface area contributed by atoms with Crippen molar-refractivity contribution >= 4 is 17.9 Å². The lowest BCUT2D eigenvalue weighted by molar-refractivity contribution is -0.145. The minimum Gasteiger partial charge on any atom is -0.508 e. The SMILES string of the molecule is CC(C)CCC(C)N(C(=O)C(C)NC(=O)OC(C)(C)C)C(C(=O)NCc1ccccc1)c1cccc(O)c1. The summed E-state index contributed by atoms with van der Waals surface area (Å²) >= 11 is 0. The molecule has 2 aromatic carbocycles. The summed E-state index contributed by atoms with van der Waals surface area (Å²) in [5, 5.41) is 15.8. The fourth-order valence-electron chi connectivity index (χ4n) is 4.10. The Morgan fingerprint density at radius 1 is 0.947 bits per heavy atom. The number of ether oxygens (including phenoxy) is 1. The summed E-state index contributed by atoms with van der Waals surface area (Å²) in [6.07, 6.45) is 0.789. The van der Waals surface area contributed by atoms with E-state index in [0.29, 0.717) is 17.9 Å².